The maximum atomic E-state index is 13.7. The van der Waals surface area contributed by atoms with Crippen molar-refractivity contribution in [2.24, 2.45) is 0 Å². The fraction of sp³-hybridized carbons (Fsp3) is 0.407. The number of aliphatic hydroxyl groups excluding tert-OH is 2. The molecule has 0 heterocycles. The third-order valence-corrected chi connectivity index (χ3v) is 6.98. The van der Waals surface area contributed by atoms with Gasteiger partial charge in [-0.2, -0.15) is 0 Å². The monoisotopic (exact) mass is 626 g/mol. The molecule has 2 aromatic carbocycles. The smallest absolute Gasteiger partial charge is 0.247 e. The van der Waals surface area contributed by atoms with Gasteiger partial charge in [-0.25, -0.2) is 4.39 Å². The zero-order valence-corrected chi connectivity index (χ0v) is 22.8. The first-order valence-corrected chi connectivity index (χ1v) is 13.1. The number of carbonyl (C=O) groups excluding carboxylic acids is 2. The van der Waals surface area contributed by atoms with Crippen LogP contribution in [0.5, 0.6) is 5.75 Å². The van der Waals surface area contributed by atoms with E-state index in [1.807, 2.05) is 18.2 Å². The highest BCUT2D eigenvalue weighted by Crippen LogP contribution is 2.30. The molecule has 0 unspecified atom stereocenters. The summed E-state index contributed by atoms with van der Waals surface area (Å²) in [5, 5.41) is 23.2. The molecule has 0 saturated heterocycles. The maximum Gasteiger partial charge on any atom is 0.247 e. The van der Waals surface area contributed by atoms with Gasteiger partial charge in [0, 0.05) is 32.2 Å². The number of para-hydroxylation sites is 1. The second-order valence-electron chi connectivity index (χ2n) is 8.66. The van der Waals surface area contributed by atoms with E-state index in [0.29, 0.717) is 23.3 Å². The summed E-state index contributed by atoms with van der Waals surface area (Å²) in [5.41, 5.74) is 1.05. The normalized spacial score (nSPS) is 19.2. The number of hydrogen-bond donors (Lipinski definition) is 3. The van der Waals surface area contributed by atoms with Crippen molar-refractivity contribution in [1.29, 1.82) is 0 Å². The van der Waals surface area contributed by atoms with Gasteiger partial charge < -0.3 is 29.9 Å². The van der Waals surface area contributed by atoms with Crippen molar-refractivity contribution in [2.75, 3.05) is 33.4 Å². The van der Waals surface area contributed by atoms with Crippen LogP contribution < -0.4 is 10.1 Å². The Bertz CT molecular complexity index is 1100. The summed E-state index contributed by atoms with van der Waals surface area (Å²) in [6.07, 6.45) is 0.0620. The summed E-state index contributed by atoms with van der Waals surface area (Å²) in [4.78, 5) is 27.7. The third kappa shape index (κ3) is 8.22. The SMILES string of the molecule is COCCC(=O)N(CCc1cccc(F)c1)[C@@H]1CC(C(=O)NCCO)=C[C@H](Oc2ccccc2I)[C@H]1O. The van der Waals surface area contributed by atoms with E-state index >= 15 is 0 Å². The lowest BCUT2D eigenvalue weighted by atomic mass is 9.87. The Morgan fingerprint density at radius 2 is 2.00 bits per heavy atom. The predicted molar refractivity (Wildman–Crippen MR) is 144 cm³/mol. The number of benzene rings is 2. The topological polar surface area (TPSA) is 108 Å². The second-order valence-corrected chi connectivity index (χ2v) is 9.82. The number of methoxy groups -OCH3 is 1. The van der Waals surface area contributed by atoms with E-state index in [1.165, 1.54) is 24.1 Å². The van der Waals surface area contributed by atoms with Crippen molar-refractivity contribution in [1.82, 2.24) is 10.2 Å². The number of nitrogens with zero attached hydrogens (tertiary/aromatic N) is 1. The molecule has 8 nitrogen and oxygen atoms in total. The molecule has 37 heavy (non-hydrogen) atoms. The molecule has 200 valence electrons. The van der Waals surface area contributed by atoms with Crippen molar-refractivity contribution in [3.8, 4) is 5.75 Å². The van der Waals surface area contributed by atoms with Gasteiger partial charge in [-0.3, -0.25) is 9.59 Å². The molecule has 3 N–H and O–H groups in total. The zero-order valence-electron chi connectivity index (χ0n) is 20.6. The Balaban J connectivity index is 1.92. The zero-order chi connectivity index (χ0) is 26.8. The van der Waals surface area contributed by atoms with Crippen LogP contribution in [0.1, 0.15) is 18.4 Å². The van der Waals surface area contributed by atoms with Crippen LogP contribution in [-0.2, 0) is 20.7 Å². The highest BCUT2D eigenvalue weighted by Gasteiger charge is 2.40. The fourth-order valence-electron chi connectivity index (χ4n) is 4.22. The van der Waals surface area contributed by atoms with E-state index in [4.69, 9.17) is 14.6 Å². The van der Waals surface area contributed by atoms with Crippen LogP contribution in [0.2, 0.25) is 0 Å². The maximum absolute atomic E-state index is 13.7. The average Bonchev–Trinajstić information content (AvgIpc) is 2.89. The van der Waals surface area contributed by atoms with Crippen LogP contribution >= 0.6 is 22.6 Å². The van der Waals surface area contributed by atoms with Gasteiger partial charge >= 0.3 is 0 Å². The lowest BCUT2D eigenvalue weighted by Gasteiger charge is -2.40. The third-order valence-electron chi connectivity index (χ3n) is 6.09. The van der Waals surface area contributed by atoms with E-state index in [-0.39, 0.29) is 50.9 Å². The van der Waals surface area contributed by atoms with Gasteiger partial charge in [0.05, 0.1) is 29.2 Å². The molecule has 0 saturated carbocycles. The van der Waals surface area contributed by atoms with E-state index in [0.717, 1.165) is 3.57 Å². The standard InChI is InChI=1S/C27H32FIN2O6/c1-36-14-10-25(33)31(12-9-18-5-4-6-20(28)15-18)22-16-19(27(35)30-11-13-32)17-24(26(22)34)37-23-8-3-2-7-21(23)29/h2-8,15,17,22,24,26,32,34H,9-14,16H2,1H3,(H,30,35)/t22-,24+,26+/m1/s1. The quantitative estimate of drug-likeness (QED) is 0.313. The minimum Gasteiger partial charge on any atom is -0.482 e. The van der Waals surface area contributed by atoms with E-state index in [2.05, 4.69) is 27.9 Å². The molecule has 0 radical (unpaired) electrons. The largest absolute Gasteiger partial charge is 0.482 e. The number of amides is 2. The lowest BCUT2D eigenvalue weighted by Crippen LogP contribution is -2.55. The van der Waals surface area contributed by atoms with Crippen molar-refractivity contribution in [2.45, 2.75) is 37.5 Å². The van der Waals surface area contributed by atoms with Crippen LogP contribution in [0.3, 0.4) is 0 Å². The van der Waals surface area contributed by atoms with Crippen molar-refractivity contribution >= 4 is 34.4 Å². The van der Waals surface area contributed by atoms with Crippen LogP contribution in [-0.4, -0.2) is 78.6 Å². The Morgan fingerprint density at radius 3 is 2.70 bits per heavy atom. The summed E-state index contributed by atoms with van der Waals surface area (Å²) in [6.45, 7) is 0.249. The van der Waals surface area contributed by atoms with Gasteiger partial charge in [0.1, 0.15) is 23.8 Å². The minimum atomic E-state index is -1.13. The summed E-state index contributed by atoms with van der Waals surface area (Å²) in [7, 11) is 1.50. The molecule has 2 amide bonds. The van der Waals surface area contributed by atoms with Crippen LogP contribution in [0.4, 0.5) is 4.39 Å². The van der Waals surface area contributed by atoms with Gasteiger partial charge in [-0.1, -0.05) is 24.3 Å². The van der Waals surface area contributed by atoms with Crippen molar-refractivity contribution in [3.05, 3.63) is 75.1 Å². The molecular formula is C27H32FIN2O6. The molecule has 0 aliphatic heterocycles. The number of ether oxygens (including phenoxy) is 2. The molecule has 10 heteroatoms. The molecule has 0 aromatic heterocycles. The molecule has 1 aliphatic carbocycles. The number of rotatable bonds is 12. The van der Waals surface area contributed by atoms with Gasteiger partial charge in [-0.05, 0) is 64.9 Å². The molecule has 0 fully saturated rings. The average molecular weight is 626 g/mol. The Morgan fingerprint density at radius 1 is 1.22 bits per heavy atom. The number of carbonyl (C=O) groups is 2. The Kier molecular flexibility index (Phi) is 11.3. The number of hydrogen-bond acceptors (Lipinski definition) is 6. The highest BCUT2D eigenvalue weighted by atomic mass is 127. The molecule has 0 spiro atoms. The first-order valence-electron chi connectivity index (χ1n) is 12.1. The van der Waals surface area contributed by atoms with Crippen molar-refractivity contribution < 1.29 is 33.7 Å². The molecule has 2 aromatic rings. The van der Waals surface area contributed by atoms with Crippen LogP contribution in [0, 0.1) is 9.39 Å². The van der Waals surface area contributed by atoms with E-state index in [1.54, 1.807) is 24.3 Å². The molecule has 1 aliphatic rings. The first-order chi connectivity index (χ1) is 17.8. The van der Waals surface area contributed by atoms with Gasteiger partial charge in [0.15, 0.2) is 0 Å². The summed E-state index contributed by atoms with van der Waals surface area (Å²) in [6, 6.07) is 12.7. The van der Waals surface area contributed by atoms with E-state index < -0.39 is 24.2 Å². The van der Waals surface area contributed by atoms with Crippen LogP contribution in [0.25, 0.3) is 0 Å². The molecular weight excluding hydrogens is 594 g/mol. The van der Waals surface area contributed by atoms with Crippen LogP contribution in [0.15, 0.2) is 60.2 Å². The highest BCUT2D eigenvalue weighted by molar-refractivity contribution is 14.1. The number of nitrogens with one attached hydrogen (secondary N) is 1. The second kappa shape index (κ2) is 14.4. The van der Waals surface area contributed by atoms with E-state index in [9.17, 15) is 19.1 Å². The Labute approximate surface area is 229 Å². The molecule has 3 atom stereocenters. The van der Waals surface area contributed by atoms with Gasteiger partial charge in [0.2, 0.25) is 11.8 Å². The molecule has 0 bridgehead atoms. The summed E-state index contributed by atoms with van der Waals surface area (Å²) < 4.78 is 25.8. The number of aliphatic hydroxyl groups is 2. The minimum absolute atomic E-state index is 0.0710. The first kappa shape index (κ1) is 29.0. The summed E-state index contributed by atoms with van der Waals surface area (Å²) in [5.74, 6) is -0.496. The van der Waals surface area contributed by atoms with Crippen molar-refractivity contribution in [3.63, 3.8) is 0 Å². The predicted octanol–water partition coefficient (Wildman–Crippen LogP) is 2.45. The van der Waals surface area contributed by atoms with Gasteiger partial charge in [0.25, 0.3) is 0 Å². The van der Waals surface area contributed by atoms with Gasteiger partial charge in [-0.15, -0.1) is 0 Å². The molecule has 3 rings (SSSR count). The Hall–Kier alpha value is -2.54. The fourth-order valence-corrected chi connectivity index (χ4v) is 4.73. The summed E-state index contributed by atoms with van der Waals surface area (Å²) >= 11 is 2.12. The lowest BCUT2D eigenvalue weighted by molar-refractivity contribution is -0.139. The number of halogens is 2.